The molecule has 1 aromatic carbocycles. The van der Waals surface area contributed by atoms with Gasteiger partial charge >= 0.3 is 0 Å². The third-order valence-corrected chi connectivity index (χ3v) is 3.70. The van der Waals surface area contributed by atoms with Gasteiger partial charge in [0, 0.05) is 5.33 Å². The van der Waals surface area contributed by atoms with E-state index in [1.165, 1.54) is 0 Å². The van der Waals surface area contributed by atoms with Crippen LogP contribution in [0.4, 0.5) is 0 Å². The highest BCUT2D eigenvalue weighted by Gasteiger charge is 2.15. The Hall–Kier alpha value is -1.47. The summed E-state index contributed by atoms with van der Waals surface area (Å²) in [7, 11) is 0. The predicted octanol–water partition coefficient (Wildman–Crippen LogP) is 2.39. The SMILES string of the molecule is C#CCn1c2ccccc2c(=O)n1C(C)CBr. The average Bonchev–Trinajstić information content (AvgIpc) is 2.63. The summed E-state index contributed by atoms with van der Waals surface area (Å²) >= 11 is 3.40. The molecule has 1 atom stereocenters. The van der Waals surface area contributed by atoms with E-state index in [0.29, 0.717) is 11.9 Å². The van der Waals surface area contributed by atoms with Gasteiger partial charge in [0.25, 0.3) is 5.56 Å². The highest BCUT2D eigenvalue weighted by atomic mass is 79.9. The van der Waals surface area contributed by atoms with Crippen molar-refractivity contribution in [3.63, 3.8) is 0 Å². The first-order valence-corrected chi connectivity index (χ1v) is 6.52. The largest absolute Gasteiger partial charge is 0.274 e. The van der Waals surface area contributed by atoms with E-state index in [2.05, 4.69) is 21.9 Å². The van der Waals surface area contributed by atoms with Gasteiger partial charge in [-0.25, -0.2) is 4.68 Å². The van der Waals surface area contributed by atoms with Crippen LogP contribution in [0.1, 0.15) is 13.0 Å². The van der Waals surface area contributed by atoms with Crippen LogP contribution in [-0.4, -0.2) is 14.7 Å². The zero-order valence-electron chi connectivity index (χ0n) is 9.56. The van der Waals surface area contributed by atoms with Crippen molar-refractivity contribution in [3.05, 3.63) is 34.6 Å². The molecule has 3 nitrogen and oxygen atoms in total. The molecule has 0 bridgehead atoms. The zero-order chi connectivity index (χ0) is 12.4. The lowest BCUT2D eigenvalue weighted by Crippen LogP contribution is -2.27. The molecule has 2 aromatic rings. The minimum atomic E-state index is 0.0165. The van der Waals surface area contributed by atoms with Gasteiger partial charge in [0.05, 0.1) is 16.9 Å². The van der Waals surface area contributed by atoms with Crippen LogP contribution >= 0.6 is 15.9 Å². The molecule has 0 aliphatic carbocycles. The number of halogens is 1. The standard InChI is InChI=1S/C13H13BrN2O/c1-3-8-15-12-7-5-4-6-11(12)13(17)16(15)10(2)9-14/h1,4-7,10H,8-9H2,2H3. The van der Waals surface area contributed by atoms with Gasteiger partial charge in [-0.15, -0.1) is 6.42 Å². The summed E-state index contributed by atoms with van der Waals surface area (Å²) in [5.41, 5.74) is 0.908. The van der Waals surface area contributed by atoms with E-state index in [9.17, 15) is 4.79 Å². The third-order valence-electron chi connectivity index (χ3n) is 2.76. The lowest BCUT2D eigenvalue weighted by atomic mass is 10.2. The van der Waals surface area contributed by atoms with Gasteiger partial charge in [0.15, 0.2) is 0 Å². The monoisotopic (exact) mass is 292 g/mol. The van der Waals surface area contributed by atoms with Crippen molar-refractivity contribution in [1.82, 2.24) is 9.36 Å². The first-order valence-electron chi connectivity index (χ1n) is 5.40. The summed E-state index contributed by atoms with van der Waals surface area (Å²) in [5, 5.41) is 1.43. The summed E-state index contributed by atoms with van der Waals surface area (Å²) < 4.78 is 3.59. The third kappa shape index (κ3) is 1.91. The minimum Gasteiger partial charge on any atom is -0.270 e. The molecule has 0 fully saturated rings. The van der Waals surface area contributed by atoms with Crippen molar-refractivity contribution in [1.29, 1.82) is 0 Å². The van der Waals surface area contributed by atoms with Crippen LogP contribution in [0.25, 0.3) is 10.9 Å². The molecule has 4 heteroatoms. The molecule has 17 heavy (non-hydrogen) atoms. The number of hydrogen-bond donors (Lipinski definition) is 0. The number of terminal acetylenes is 1. The maximum atomic E-state index is 12.3. The van der Waals surface area contributed by atoms with Crippen molar-refractivity contribution in [2.24, 2.45) is 0 Å². The lowest BCUT2D eigenvalue weighted by Gasteiger charge is -2.15. The molecule has 1 heterocycles. The van der Waals surface area contributed by atoms with E-state index in [-0.39, 0.29) is 11.6 Å². The molecule has 88 valence electrons. The fourth-order valence-corrected chi connectivity index (χ4v) is 2.25. The Kier molecular flexibility index (Phi) is 3.39. The highest BCUT2D eigenvalue weighted by Crippen LogP contribution is 2.15. The van der Waals surface area contributed by atoms with E-state index in [1.54, 1.807) is 4.68 Å². The topological polar surface area (TPSA) is 26.9 Å². The van der Waals surface area contributed by atoms with Crippen molar-refractivity contribution in [3.8, 4) is 12.3 Å². The number of benzene rings is 1. The van der Waals surface area contributed by atoms with Crippen molar-refractivity contribution < 1.29 is 0 Å². The Labute approximate surface area is 108 Å². The van der Waals surface area contributed by atoms with E-state index in [1.807, 2.05) is 35.9 Å². The molecule has 0 aliphatic heterocycles. The molecule has 0 spiro atoms. The summed E-state index contributed by atoms with van der Waals surface area (Å²) in [6.07, 6.45) is 5.37. The van der Waals surface area contributed by atoms with Gasteiger partial charge in [-0.1, -0.05) is 34.0 Å². The number of hydrogen-bond acceptors (Lipinski definition) is 1. The molecule has 1 unspecified atom stereocenters. The Morgan fingerprint density at radius 2 is 2.18 bits per heavy atom. The Morgan fingerprint density at radius 3 is 2.82 bits per heavy atom. The van der Waals surface area contributed by atoms with Crippen LogP contribution < -0.4 is 5.56 Å². The first kappa shape index (κ1) is 12.0. The van der Waals surface area contributed by atoms with Gasteiger partial charge in [-0.2, -0.15) is 0 Å². The second-order valence-electron chi connectivity index (χ2n) is 3.93. The number of fused-ring (bicyclic) bond motifs is 1. The molecule has 0 saturated heterocycles. The number of para-hydroxylation sites is 1. The fraction of sp³-hybridized carbons (Fsp3) is 0.308. The maximum absolute atomic E-state index is 12.3. The van der Waals surface area contributed by atoms with Gasteiger partial charge < -0.3 is 0 Å². The molecule has 0 aliphatic rings. The fourth-order valence-electron chi connectivity index (χ4n) is 1.98. The van der Waals surface area contributed by atoms with Gasteiger partial charge in [0.1, 0.15) is 6.54 Å². The molecule has 2 rings (SSSR count). The quantitative estimate of drug-likeness (QED) is 0.630. The molecule has 0 N–H and O–H groups in total. The van der Waals surface area contributed by atoms with Crippen LogP contribution in [0.5, 0.6) is 0 Å². The summed E-state index contributed by atoms with van der Waals surface area (Å²) in [5.74, 6) is 2.60. The van der Waals surface area contributed by atoms with Crippen molar-refractivity contribution in [2.45, 2.75) is 19.5 Å². The number of rotatable bonds is 3. The van der Waals surface area contributed by atoms with E-state index in [0.717, 1.165) is 10.9 Å². The van der Waals surface area contributed by atoms with Crippen molar-refractivity contribution >= 4 is 26.8 Å². The van der Waals surface area contributed by atoms with Gasteiger partial charge in [0.2, 0.25) is 0 Å². The van der Waals surface area contributed by atoms with Crippen LogP contribution in [0.15, 0.2) is 29.1 Å². The predicted molar refractivity (Wildman–Crippen MR) is 73.5 cm³/mol. The molecule has 1 aromatic heterocycles. The first-order chi connectivity index (χ1) is 8.20. The second kappa shape index (κ2) is 4.80. The minimum absolute atomic E-state index is 0.0165. The smallest absolute Gasteiger partial charge is 0.270 e. The van der Waals surface area contributed by atoms with Crippen LogP contribution in [0.2, 0.25) is 0 Å². The van der Waals surface area contributed by atoms with Crippen LogP contribution in [0.3, 0.4) is 0 Å². The molecular weight excluding hydrogens is 280 g/mol. The Morgan fingerprint density at radius 1 is 1.47 bits per heavy atom. The summed E-state index contributed by atoms with van der Waals surface area (Å²) in [6.45, 7) is 2.39. The van der Waals surface area contributed by atoms with Crippen LogP contribution in [0, 0.1) is 12.3 Å². The number of nitrogens with zero attached hydrogens (tertiary/aromatic N) is 2. The van der Waals surface area contributed by atoms with E-state index < -0.39 is 0 Å². The molecule has 0 saturated carbocycles. The lowest BCUT2D eigenvalue weighted by molar-refractivity contribution is 0.441. The van der Waals surface area contributed by atoms with E-state index in [4.69, 9.17) is 6.42 Å². The van der Waals surface area contributed by atoms with Crippen molar-refractivity contribution in [2.75, 3.05) is 5.33 Å². The summed E-state index contributed by atoms with van der Waals surface area (Å²) in [6, 6.07) is 7.61. The number of alkyl halides is 1. The van der Waals surface area contributed by atoms with Gasteiger partial charge in [-0.05, 0) is 19.1 Å². The normalized spacial score (nSPS) is 12.5. The molecular formula is C13H13BrN2O. The van der Waals surface area contributed by atoms with Crippen LogP contribution in [-0.2, 0) is 6.54 Å². The van der Waals surface area contributed by atoms with Gasteiger partial charge in [-0.3, -0.25) is 9.48 Å². The molecule has 0 radical (unpaired) electrons. The summed E-state index contributed by atoms with van der Waals surface area (Å²) in [4.78, 5) is 12.3. The second-order valence-corrected chi connectivity index (χ2v) is 4.58. The Bertz CT molecular complexity index is 633. The van der Waals surface area contributed by atoms with E-state index >= 15 is 0 Å². The number of aromatic nitrogens is 2. The Balaban J connectivity index is 2.81. The highest BCUT2D eigenvalue weighted by molar-refractivity contribution is 9.09. The maximum Gasteiger partial charge on any atom is 0.274 e. The average molecular weight is 293 g/mol. The zero-order valence-corrected chi connectivity index (χ0v) is 11.1. The molecule has 0 amide bonds.